The van der Waals surface area contributed by atoms with Gasteiger partial charge in [-0.2, -0.15) is 13.2 Å². The number of aliphatic hydroxyl groups is 2. The van der Waals surface area contributed by atoms with Gasteiger partial charge in [0.2, 0.25) is 17.7 Å². The van der Waals surface area contributed by atoms with E-state index < -0.39 is 60.7 Å². The van der Waals surface area contributed by atoms with Crippen LogP contribution in [0.2, 0.25) is 0 Å². The molecule has 256 valence electrons. The normalized spacial score (nSPS) is 17.6. The summed E-state index contributed by atoms with van der Waals surface area (Å²) in [7, 11) is 2.82. The Morgan fingerprint density at radius 1 is 0.933 bits per heavy atom. The summed E-state index contributed by atoms with van der Waals surface area (Å²) in [5.74, 6) is -1.86. The first-order valence-corrected chi connectivity index (χ1v) is 16.2. The lowest BCUT2D eigenvalue weighted by Crippen LogP contribution is -2.55. The average Bonchev–Trinajstić information content (AvgIpc) is 3.00. The Labute approximate surface area is 265 Å². The van der Waals surface area contributed by atoms with Gasteiger partial charge in [-0.1, -0.05) is 76.3 Å². The molecule has 0 radical (unpaired) electrons. The molecule has 0 heterocycles. The van der Waals surface area contributed by atoms with E-state index in [1.807, 2.05) is 30.3 Å². The second kappa shape index (κ2) is 19.1. The zero-order valence-corrected chi connectivity index (χ0v) is 27.2. The summed E-state index contributed by atoms with van der Waals surface area (Å²) in [5, 5.41) is 27.0. The number of carbonyl (C=O) groups is 3. The molecule has 1 aromatic rings. The summed E-state index contributed by atoms with van der Waals surface area (Å²) in [5.41, 5.74) is 0.819. The van der Waals surface area contributed by atoms with E-state index in [-0.39, 0.29) is 32.4 Å². The molecule has 0 saturated heterocycles. The number of rotatable bonds is 18. The summed E-state index contributed by atoms with van der Waals surface area (Å²) in [6, 6.07) is 7.53. The molecule has 1 fully saturated rings. The number of likely N-dealkylation sites (N-methyl/N-ethyl adjacent to an activating group) is 2. The number of hydrogen-bond donors (Lipinski definition) is 4. The molecule has 0 aliphatic heterocycles. The number of hydrogen-bond acceptors (Lipinski definition) is 6. The van der Waals surface area contributed by atoms with Crippen molar-refractivity contribution in [1.82, 2.24) is 20.4 Å². The lowest BCUT2D eigenvalue weighted by molar-refractivity contribution is -0.144. The molecular formula is C33H53F3N4O5. The van der Waals surface area contributed by atoms with Crippen LogP contribution in [0.3, 0.4) is 0 Å². The maximum absolute atomic E-state index is 13.6. The number of nitrogens with zero attached hydrogens (tertiary/aromatic N) is 2. The van der Waals surface area contributed by atoms with Gasteiger partial charge < -0.3 is 25.7 Å². The highest BCUT2D eigenvalue weighted by molar-refractivity contribution is 5.91. The van der Waals surface area contributed by atoms with Crippen LogP contribution in [-0.4, -0.2) is 102 Å². The zero-order valence-electron chi connectivity index (χ0n) is 27.2. The molecule has 1 saturated carbocycles. The Morgan fingerprint density at radius 3 is 2.16 bits per heavy atom. The minimum atomic E-state index is -4.35. The van der Waals surface area contributed by atoms with Gasteiger partial charge in [-0.3, -0.25) is 19.3 Å². The van der Waals surface area contributed by atoms with Gasteiger partial charge in [-0.15, -0.1) is 0 Å². The average molecular weight is 643 g/mol. The first kappa shape index (κ1) is 38.5. The molecular weight excluding hydrogens is 589 g/mol. The van der Waals surface area contributed by atoms with Crippen LogP contribution >= 0.6 is 0 Å². The highest BCUT2D eigenvalue weighted by Crippen LogP contribution is 2.29. The Balaban J connectivity index is 2.12. The van der Waals surface area contributed by atoms with Gasteiger partial charge in [0.1, 0.15) is 6.04 Å². The first-order valence-electron chi connectivity index (χ1n) is 16.2. The van der Waals surface area contributed by atoms with Gasteiger partial charge in [-0.25, -0.2) is 0 Å². The summed E-state index contributed by atoms with van der Waals surface area (Å²) in [6.07, 6.45) is -0.00194. The molecule has 5 atom stereocenters. The molecule has 1 aliphatic rings. The van der Waals surface area contributed by atoms with Crippen molar-refractivity contribution in [2.24, 2.45) is 11.8 Å². The molecule has 1 aromatic carbocycles. The number of amides is 3. The Morgan fingerprint density at radius 2 is 1.58 bits per heavy atom. The largest absolute Gasteiger partial charge is 0.401 e. The van der Waals surface area contributed by atoms with Crippen molar-refractivity contribution in [3.05, 3.63) is 35.9 Å². The van der Waals surface area contributed by atoms with E-state index in [0.29, 0.717) is 18.8 Å². The number of aliphatic hydroxyl groups excluding tert-OH is 2. The molecule has 0 unspecified atom stereocenters. The minimum Gasteiger partial charge on any atom is -0.390 e. The maximum atomic E-state index is 13.6. The molecule has 0 spiro atoms. The van der Waals surface area contributed by atoms with E-state index in [0.717, 1.165) is 42.6 Å². The Kier molecular flexibility index (Phi) is 16.3. The van der Waals surface area contributed by atoms with Crippen LogP contribution < -0.4 is 10.6 Å². The van der Waals surface area contributed by atoms with E-state index in [1.54, 1.807) is 13.8 Å². The van der Waals surface area contributed by atoms with E-state index in [2.05, 4.69) is 10.6 Å². The van der Waals surface area contributed by atoms with Crippen molar-refractivity contribution in [2.45, 2.75) is 109 Å². The fourth-order valence-corrected chi connectivity index (χ4v) is 5.85. The number of alkyl halides is 3. The van der Waals surface area contributed by atoms with Crippen molar-refractivity contribution in [3.8, 4) is 0 Å². The first-order chi connectivity index (χ1) is 21.2. The molecule has 12 heteroatoms. The topological polar surface area (TPSA) is 122 Å². The van der Waals surface area contributed by atoms with Crippen molar-refractivity contribution in [2.75, 3.05) is 33.7 Å². The molecule has 45 heavy (non-hydrogen) atoms. The summed E-state index contributed by atoms with van der Waals surface area (Å²) < 4.78 is 38.1. The van der Waals surface area contributed by atoms with E-state index in [1.165, 1.54) is 19.0 Å². The standard InChI is InChI=1S/C33H53F3N4O5/c1-5-26(32(45)38-27(30(43)28(41)6-2)20-24-15-11-8-12-16-24)37-31(44)25(19-23-13-9-7-10-14-23)21-29(42)40(4)18-17-39(3)22-33(34,35)36/h7,9-10,13-14,24-28,30,41,43H,5-6,8,11-12,15-22H2,1-4H3,(H,37,44)(H,38,45)/t25-,26+,27+,28+,30-/m1/s1. The molecule has 4 N–H and O–H groups in total. The number of carbonyl (C=O) groups excluding carboxylic acids is 3. The molecule has 9 nitrogen and oxygen atoms in total. The van der Waals surface area contributed by atoms with Crippen molar-refractivity contribution in [3.63, 3.8) is 0 Å². The predicted octanol–water partition coefficient (Wildman–Crippen LogP) is 3.67. The molecule has 0 aromatic heterocycles. The zero-order chi connectivity index (χ0) is 33.6. The van der Waals surface area contributed by atoms with Crippen LogP contribution in [0.5, 0.6) is 0 Å². The number of halogens is 3. The van der Waals surface area contributed by atoms with Crippen LogP contribution in [0.15, 0.2) is 30.3 Å². The lowest BCUT2D eigenvalue weighted by atomic mass is 9.82. The molecule has 2 rings (SSSR count). The van der Waals surface area contributed by atoms with Crippen LogP contribution in [0.4, 0.5) is 13.2 Å². The maximum Gasteiger partial charge on any atom is 0.401 e. The van der Waals surface area contributed by atoms with Gasteiger partial charge >= 0.3 is 6.18 Å². The van der Waals surface area contributed by atoms with Gasteiger partial charge in [0, 0.05) is 26.6 Å². The number of benzene rings is 1. The third-order valence-electron chi connectivity index (χ3n) is 8.71. The van der Waals surface area contributed by atoms with Crippen LogP contribution in [0.25, 0.3) is 0 Å². The van der Waals surface area contributed by atoms with Gasteiger partial charge in [-0.05, 0) is 44.2 Å². The lowest BCUT2D eigenvalue weighted by Gasteiger charge is -2.33. The minimum absolute atomic E-state index is 0.00990. The summed E-state index contributed by atoms with van der Waals surface area (Å²) in [4.78, 5) is 42.6. The van der Waals surface area contributed by atoms with Gasteiger partial charge in [0.05, 0.1) is 30.7 Å². The van der Waals surface area contributed by atoms with E-state index in [9.17, 15) is 37.8 Å². The Bertz CT molecular complexity index is 1040. The highest BCUT2D eigenvalue weighted by Gasteiger charge is 2.33. The predicted molar refractivity (Wildman–Crippen MR) is 167 cm³/mol. The molecule has 0 bridgehead atoms. The van der Waals surface area contributed by atoms with Crippen LogP contribution in [0, 0.1) is 11.8 Å². The molecule has 3 amide bonds. The fraction of sp³-hybridized carbons (Fsp3) is 0.727. The van der Waals surface area contributed by atoms with Gasteiger partial charge in [0.15, 0.2) is 0 Å². The fourth-order valence-electron chi connectivity index (χ4n) is 5.85. The SMILES string of the molecule is CC[C@H](NC(=O)[C@@H](CC(=O)N(C)CCN(C)CC(F)(F)F)Cc1ccccc1)C(=O)N[C@@H](CC1CCCCC1)[C@@H](O)[C@@H](O)CC. The van der Waals surface area contributed by atoms with Crippen molar-refractivity contribution >= 4 is 17.7 Å². The molecule has 1 aliphatic carbocycles. The summed E-state index contributed by atoms with van der Waals surface area (Å²) >= 11 is 0. The third kappa shape index (κ3) is 14.1. The second-order valence-corrected chi connectivity index (χ2v) is 12.5. The number of nitrogens with one attached hydrogen (secondary N) is 2. The van der Waals surface area contributed by atoms with E-state index >= 15 is 0 Å². The van der Waals surface area contributed by atoms with Crippen molar-refractivity contribution in [1.29, 1.82) is 0 Å². The quantitative estimate of drug-likeness (QED) is 0.194. The second-order valence-electron chi connectivity index (χ2n) is 12.5. The van der Waals surface area contributed by atoms with Crippen molar-refractivity contribution < 1.29 is 37.8 Å². The Hall–Kier alpha value is -2.70. The summed E-state index contributed by atoms with van der Waals surface area (Å²) in [6.45, 7) is 2.48. The van der Waals surface area contributed by atoms with Crippen LogP contribution in [0.1, 0.15) is 77.2 Å². The monoisotopic (exact) mass is 642 g/mol. The van der Waals surface area contributed by atoms with E-state index in [4.69, 9.17) is 0 Å². The highest BCUT2D eigenvalue weighted by atomic mass is 19.4. The smallest absolute Gasteiger partial charge is 0.390 e. The van der Waals surface area contributed by atoms with Crippen LogP contribution in [-0.2, 0) is 20.8 Å². The third-order valence-corrected chi connectivity index (χ3v) is 8.71. The van der Waals surface area contributed by atoms with Gasteiger partial charge in [0.25, 0.3) is 0 Å².